The Morgan fingerprint density at radius 3 is 2.65 bits per heavy atom. The number of aromatic nitrogens is 1. The van der Waals surface area contributed by atoms with Crippen molar-refractivity contribution in [1.29, 1.82) is 0 Å². The van der Waals surface area contributed by atoms with Crippen LogP contribution in [0.1, 0.15) is 10.4 Å². The average molecular weight is 455 g/mol. The lowest BCUT2D eigenvalue weighted by atomic mass is 10.1. The van der Waals surface area contributed by atoms with Gasteiger partial charge in [0.25, 0.3) is 5.91 Å². The Labute approximate surface area is 163 Å². The molecule has 0 saturated carbocycles. The first-order valence-corrected chi connectivity index (χ1v) is 9.85. The molecule has 0 bridgehead atoms. The molecule has 0 radical (unpaired) electrons. The molecular formula is C16H10BrFN3O3S2-. The molecule has 0 spiro atoms. The molecule has 0 saturated heterocycles. The number of carbonyl (C=O) groups excluding carboxylic acids is 1. The van der Waals surface area contributed by atoms with Crippen LogP contribution in [0.25, 0.3) is 11.3 Å². The van der Waals surface area contributed by atoms with Gasteiger partial charge in [0.05, 0.1) is 16.9 Å². The maximum absolute atomic E-state index is 13.3. The maximum Gasteiger partial charge on any atom is 0.259 e. The van der Waals surface area contributed by atoms with Gasteiger partial charge in [-0.05, 0) is 30.3 Å². The zero-order valence-electron chi connectivity index (χ0n) is 12.9. The Hall–Kier alpha value is -2.14. The van der Waals surface area contributed by atoms with Gasteiger partial charge in [-0.3, -0.25) is 14.3 Å². The van der Waals surface area contributed by atoms with Gasteiger partial charge < -0.3 is 9.27 Å². The molecular weight excluding hydrogens is 445 g/mol. The van der Waals surface area contributed by atoms with Crippen LogP contribution in [0.5, 0.6) is 0 Å². The fourth-order valence-electron chi connectivity index (χ4n) is 2.14. The van der Waals surface area contributed by atoms with E-state index in [-0.39, 0.29) is 11.3 Å². The van der Waals surface area contributed by atoms with E-state index in [9.17, 15) is 17.9 Å². The molecule has 1 aromatic heterocycles. The van der Waals surface area contributed by atoms with Crippen LogP contribution in [0.4, 0.5) is 15.2 Å². The Balaban J connectivity index is 1.81. The van der Waals surface area contributed by atoms with E-state index in [1.807, 2.05) is 29.0 Å². The third kappa shape index (κ3) is 4.52. The largest absolute Gasteiger partial charge is 0.755 e. The third-order valence-electron chi connectivity index (χ3n) is 3.28. The van der Waals surface area contributed by atoms with Gasteiger partial charge in [-0.15, -0.1) is 11.3 Å². The molecule has 1 amide bonds. The van der Waals surface area contributed by atoms with Crippen LogP contribution >= 0.6 is 27.3 Å². The summed E-state index contributed by atoms with van der Waals surface area (Å²) in [6, 6.07) is 10.7. The van der Waals surface area contributed by atoms with E-state index in [1.54, 1.807) is 5.38 Å². The van der Waals surface area contributed by atoms with Crippen LogP contribution in [-0.4, -0.2) is 19.7 Å². The minimum absolute atomic E-state index is 0.0176. The molecule has 0 aliphatic carbocycles. The molecule has 134 valence electrons. The summed E-state index contributed by atoms with van der Waals surface area (Å²) in [5.41, 5.74) is 1.41. The molecule has 1 heterocycles. The van der Waals surface area contributed by atoms with Crippen LogP contribution in [0, 0.1) is 5.82 Å². The molecule has 3 rings (SSSR count). The molecule has 1 atom stereocenters. The molecule has 10 heteroatoms. The number of nitrogens with one attached hydrogen (secondary N) is 2. The van der Waals surface area contributed by atoms with Gasteiger partial charge in [-0.2, -0.15) is 0 Å². The first kappa shape index (κ1) is 18.6. The van der Waals surface area contributed by atoms with Crippen molar-refractivity contribution in [2.24, 2.45) is 0 Å². The summed E-state index contributed by atoms with van der Waals surface area (Å²) in [6.07, 6.45) is 0. The topological polar surface area (TPSA) is 94.2 Å². The van der Waals surface area contributed by atoms with E-state index in [0.717, 1.165) is 22.2 Å². The first-order valence-electron chi connectivity index (χ1n) is 7.10. The molecule has 2 N–H and O–H groups in total. The lowest BCUT2D eigenvalue weighted by molar-refractivity contribution is 0.102. The fraction of sp³-hybridized carbons (Fsp3) is 0. The van der Waals surface area contributed by atoms with Gasteiger partial charge in [0.2, 0.25) is 0 Å². The Bertz CT molecular complexity index is 979. The summed E-state index contributed by atoms with van der Waals surface area (Å²) in [6.45, 7) is 0. The number of amides is 1. The summed E-state index contributed by atoms with van der Waals surface area (Å²) in [5, 5.41) is 4.71. The van der Waals surface area contributed by atoms with Crippen LogP contribution < -0.4 is 10.0 Å². The Kier molecular flexibility index (Phi) is 5.77. The number of carbonyl (C=O) groups is 1. The van der Waals surface area contributed by atoms with E-state index in [1.165, 1.54) is 17.4 Å². The number of hydrogen-bond donors (Lipinski definition) is 2. The highest BCUT2D eigenvalue weighted by Crippen LogP contribution is 2.27. The number of anilines is 2. The van der Waals surface area contributed by atoms with Crippen molar-refractivity contribution in [3.8, 4) is 11.3 Å². The molecule has 6 nitrogen and oxygen atoms in total. The summed E-state index contributed by atoms with van der Waals surface area (Å²) < 4.78 is 37.9. The van der Waals surface area contributed by atoms with Crippen molar-refractivity contribution >= 4 is 55.3 Å². The number of rotatable bonds is 5. The van der Waals surface area contributed by atoms with E-state index >= 15 is 0 Å². The highest BCUT2D eigenvalue weighted by Gasteiger charge is 2.15. The summed E-state index contributed by atoms with van der Waals surface area (Å²) in [4.78, 5) is 16.7. The molecule has 0 aliphatic rings. The quantitative estimate of drug-likeness (QED) is 0.565. The van der Waals surface area contributed by atoms with E-state index in [0.29, 0.717) is 10.8 Å². The molecule has 26 heavy (non-hydrogen) atoms. The van der Waals surface area contributed by atoms with Gasteiger partial charge in [-0.25, -0.2) is 9.37 Å². The SMILES string of the molecule is O=C(Nc1nc(-c2ccc(Br)cc2)cs1)c1ccc(F)cc1NS(=O)[O-]. The zero-order chi connectivity index (χ0) is 18.7. The van der Waals surface area contributed by atoms with Crippen LogP contribution in [0.2, 0.25) is 0 Å². The van der Waals surface area contributed by atoms with Gasteiger partial charge in [-0.1, -0.05) is 28.1 Å². The van der Waals surface area contributed by atoms with E-state index in [2.05, 4.69) is 26.2 Å². The van der Waals surface area contributed by atoms with Crippen molar-refractivity contribution in [1.82, 2.24) is 4.98 Å². The lowest BCUT2D eigenvalue weighted by Crippen LogP contribution is -2.15. The van der Waals surface area contributed by atoms with E-state index in [4.69, 9.17) is 0 Å². The fourth-order valence-corrected chi connectivity index (χ4v) is 3.47. The molecule has 3 aromatic rings. The first-order chi connectivity index (χ1) is 12.4. The summed E-state index contributed by atoms with van der Waals surface area (Å²) in [5.74, 6) is -1.27. The van der Waals surface area contributed by atoms with Gasteiger partial charge in [0.15, 0.2) is 5.13 Å². The number of hydrogen-bond acceptors (Lipinski definition) is 5. The molecule has 0 fully saturated rings. The standard InChI is InChI=1S/C16H11BrFN3O3S2/c17-10-3-1-9(2-4-10)14-8-25-16(19-14)20-15(22)12-6-5-11(18)7-13(12)21-26(23)24/h1-8,21H,(H,23,24)(H,19,20,22)/p-1. The highest BCUT2D eigenvalue weighted by molar-refractivity contribution is 9.10. The van der Waals surface area contributed by atoms with Crippen molar-refractivity contribution in [2.45, 2.75) is 0 Å². The van der Waals surface area contributed by atoms with Crippen LogP contribution in [0.15, 0.2) is 52.3 Å². The maximum atomic E-state index is 13.3. The van der Waals surface area contributed by atoms with Crippen molar-refractivity contribution < 1.29 is 17.9 Å². The monoisotopic (exact) mass is 454 g/mol. The Morgan fingerprint density at radius 1 is 1.23 bits per heavy atom. The van der Waals surface area contributed by atoms with Gasteiger partial charge in [0, 0.05) is 26.7 Å². The lowest BCUT2D eigenvalue weighted by Gasteiger charge is -2.13. The predicted octanol–water partition coefficient (Wildman–Crippen LogP) is 4.17. The zero-order valence-corrected chi connectivity index (χ0v) is 16.1. The second-order valence-electron chi connectivity index (χ2n) is 5.03. The van der Waals surface area contributed by atoms with Gasteiger partial charge in [0.1, 0.15) is 5.82 Å². The second kappa shape index (κ2) is 8.04. The van der Waals surface area contributed by atoms with Crippen LogP contribution in [-0.2, 0) is 11.3 Å². The van der Waals surface area contributed by atoms with Crippen LogP contribution in [0.3, 0.4) is 0 Å². The molecule has 2 aromatic carbocycles. The number of thiazole rings is 1. The van der Waals surface area contributed by atoms with Crippen molar-refractivity contribution in [2.75, 3.05) is 10.0 Å². The van der Waals surface area contributed by atoms with Gasteiger partial charge >= 0.3 is 0 Å². The molecule has 1 unspecified atom stereocenters. The molecule has 0 aliphatic heterocycles. The highest BCUT2D eigenvalue weighted by atomic mass is 79.9. The van der Waals surface area contributed by atoms with Crippen molar-refractivity contribution in [3.63, 3.8) is 0 Å². The second-order valence-corrected chi connectivity index (χ2v) is 7.47. The minimum Gasteiger partial charge on any atom is -0.755 e. The normalized spacial score (nSPS) is 11.8. The van der Waals surface area contributed by atoms with E-state index < -0.39 is 23.0 Å². The number of halogens is 2. The minimum atomic E-state index is -2.68. The smallest absolute Gasteiger partial charge is 0.259 e. The number of nitrogens with zero attached hydrogens (tertiary/aromatic N) is 1. The predicted molar refractivity (Wildman–Crippen MR) is 102 cm³/mol. The number of benzene rings is 2. The Morgan fingerprint density at radius 2 is 1.96 bits per heavy atom. The summed E-state index contributed by atoms with van der Waals surface area (Å²) in [7, 11) is 0. The third-order valence-corrected chi connectivity index (χ3v) is 4.96. The average Bonchev–Trinajstić information content (AvgIpc) is 3.03. The van der Waals surface area contributed by atoms with Crippen molar-refractivity contribution in [3.05, 3.63) is 63.7 Å². The summed E-state index contributed by atoms with van der Waals surface area (Å²) >= 11 is 1.90.